The maximum Gasteiger partial charge on any atom is 0.330 e. The lowest BCUT2D eigenvalue weighted by molar-refractivity contribution is -0.354. The monoisotopic (exact) mass is 740 g/mol. The van der Waals surface area contributed by atoms with E-state index in [1.54, 1.807) is 0 Å². The van der Waals surface area contributed by atoms with E-state index < -0.39 is 102 Å². The van der Waals surface area contributed by atoms with Crippen molar-refractivity contribution in [3.8, 4) is 40.1 Å². The molecule has 4 aromatic rings. The van der Waals surface area contributed by atoms with Crippen molar-refractivity contribution >= 4 is 23.0 Å². The van der Waals surface area contributed by atoms with Gasteiger partial charge in [-0.3, -0.25) is 4.79 Å². The molecule has 2 aliphatic rings. The van der Waals surface area contributed by atoms with Crippen molar-refractivity contribution in [2.24, 2.45) is 0 Å². The third-order valence-corrected chi connectivity index (χ3v) is 8.72. The molecule has 1 aromatic heterocycles. The summed E-state index contributed by atoms with van der Waals surface area (Å²) in [6.07, 6.45) is -14.7. The van der Waals surface area contributed by atoms with Crippen LogP contribution in [0.2, 0.25) is 0 Å². The van der Waals surface area contributed by atoms with E-state index in [4.69, 9.17) is 28.1 Å². The molecule has 0 unspecified atom stereocenters. The van der Waals surface area contributed by atoms with Gasteiger partial charge >= 0.3 is 5.97 Å². The van der Waals surface area contributed by atoms with Gasteiger partial charge in [-0.05, 0) is 55.0 Å². The van der Waals surface area contributed by atoms with Gasteiger partial charge in [-0.1, -0.05) is 12.1 Å². The van der Waals surface area contributed by atoms with Crippen molar-refractivity contribution in [3.05, 3.63) is 82.5 Å². The van der Waals surface area contributed by atoms with Crippen molar-refractivity contribution in [1.29, 1.82) is 0 Å². The van der Waals surface area contributed by atoms with E-state index in [2.05, 4.69) is 0 Å². The molecule has 0 aliphatic carbocycles. The molecule has 17 nitrogen and oxygen atoms in total. The fraction of sp³-hybridized carbons (Fsp3) is 0.333. The second kappa shape index (κ2) is 15.4. The maximum atomic E-state index is 14.0. The second-order valence-corrected chi connectivity index (χ2v) is 12.5. The number of benzene rings is 3. The molecule has 17 heteroatoms. The normalized spacial score (nSPS) is 28.9. The Morgan fingerprint density at radius 1 is 0.774 bits per heavy atom. The lowest BCUT2D eigenvalue weighted by Gasteiger charge is -2.45. The topological polar surface area (TPSA) is 275 Å². The van der Waals surface area contributed by atoms with E-state index in [1.165, 1.54) is 61.5 Å². The lowest BCUT2D eigenvalue weighted by Crippen LogP contribution is -2.64. The van der Waals surface area contributed by atoms with Crippen molar-refractivity contribution in [1.82, 2.24) is 0 Å². The first-order chi connectivity index (χ1) is 25.2. The highest BCUT2D eigenvalue weighted by atomic mass is 16.8. The first kappa shape index (κ1) is 37.5. The average molecular weight is 741 g/mol. The van der Waals surface area contributed by atoms with E-state index in [-0.39, 0.29) is 28.4 Å². The zero-order chi connectivity index (χ0) is 38.1. The fourth-order valence-corrected chi connectivity index (χ4v) is 5.82. The first-order valence-corrected chi connectivity index (χ1v) is 16.2. The van der Waals surface area contributed by atoms with Crippen LogP contribution in [0.5, 0.6) is 28.7 Å². The minimum atomic E-state index is -1.98. The van der Waals surface area contributed by atoms with Gasteiger partial charge in [-0.25, -0.2) is 4.79 Å². The van der Waals surface area contributed by atoms with Crippen molar-refractivity contribution in [2.75, 3.05) is 6.61 Å². The van der Waals surface area contributed by atoms with Gasteiger partial charge in [-0.2, -0.15) is 0 Å². The van der Waals surface area contributed by atoms with E-state index in [0.717, 1.165) is 18.2 Å². The molecule has 6 rings (SSSR count). The van der Waals surface area contributed by atoms with Crippen LogP contribution in [0.25, 0.3) is 28.4 Å². The number of carbonyl (C=O) groups excluding carboxylic acids is 1. The molecule has 0 spiro atoms. The van der Waals surface area contributed by atoms with Crippen molar-refractivity contribution < 1.29 is 78.9 Å². The number of hydrogen-bond donors (Lipinski definition) is 9. The van der Waals surface area contributed by atoms with Crippen LogP contribution in [0.4, 0.5) is 0 Å². The summed E-state index contributed by atoms with van der Waals surface area (Å²) in [6.45, 7) is 0.701. The number of aliphatic hydroxyl groups is 5. The van der Waals surface area contributed by atoms with E-state index in [9.17, 15) is 55.5 Å². The van der Waals surface area contributed by atoms with Crippen LogP contribution >= 0.6 is 0 Å². The Kier molecular flexibility index (Phi) is 10.9. The van der Waals surface area contributed by atoms with Gasteiger partial charge in [-0.15, -0.1) is 0 Å². The number of ether oxygens (including phenoxy) is 5. The van der Waals surface area contributed by atoms with Gasteiger partial charge < -0.3 is 74.1 Å². The number of aromatic hydroxyl groups is 4. The third-order valence-electron chi connectivity index (χ3n) is 8.72. The third kappa shape index (κ3) is 7.92. The fourth-order valence-electron chi connectivity index (χ4n) is 5.82. The Bertz CT molecular complexity index is 2010. The molecule has 10 atom stereocenters. The summed E-state index contributed by atoms with van der Waals surface area (Å²) in [6, 6.07) is 13.1. The van der Waals surface area contributed by atoms with Crippen LogP contribution in [0, 0.1) is 0 Å². The highest BCUT2D eigenvalue weighted by Crippen LogP contribution is 2.38. The number of hydrogen-bond acceptors (Lipinski definition) is 17. The Morgan fingerprint density at radius 2 is 1.43 bits per heavy atom. The smallest absolute Gasteiger partial charge is 0.330 e. The number of fused-ring (bicyclic) bond motifs is 1. The summed E-state index contributed by atoms with van der Waals surface area (Å²) in [4.78, 5) is 26.6. The Labute approximate surface area is 299 Å². The number of carbonyl (C=O) groups is 1. The average Bonchev–Trinajstić information content (AvgIpc) is 3.12. The Balaban J connectivity index is 1.35. The molecule has 282 valence electrons. The van der Waals surface area contributed by atoms with E-state index >= 15 is 0 Å². The van der Waals surface area contributed by atoms with E-state index in [1.807, 2.05) is 0 Å². The minimum absolute atomic E-state index is 0.0198. The Hall–Kier alpha value is -5.24. The van der Waals surface area contributed by atoms with Gasteiger partial charge in [0.2, 0.25) is 17.5 Å². The van der Waals surface area contributed by atoms with Crippen molar-refractivity contribution in [2.45, 2.75) is 68.3 Å². The lowest BCUT2D eigenvalue weighted by atomic mass is 9.97. The predicted octanol–water partition coefficient (Wildman–Crippen LogP) is 0.577. The van der Waals surface area contributed by atoms with Crippen LogP contribution in [0.1, 0.15) is 12.5 Å². The highest BCUT2D eigenvalue weighted by molar-refractivity contribution is 5.88. The van der Waals surface area contributed by atoms with Crippen molar-refractivity contribution in [3.63, 3.8) is 0 Å². The van der Waals surface area contributed by atoms with Gasteiger partial charge in [0.15, 0.2) is 18.2 Å². The van der Waals surface area contributed by atoms with Gasteiger partial charge in [0.1, 0.15) is 77.2 Å². The SMILES string of the molecule is C[C@@H]1O[C@@H](O[C@H]2[C@H](Oc3c(-c4ccc(O)cc4)oc4cc(O)cc(O)c4c3=O)O[C@H](COC(=O)C=Cc3ccc(O)cc3)[C@@H](O)[C@@H]2O)[C@H](O)[C@H](O)[C@H]1O. The molecule has 3 aromatic carbocycles. The molecule has 0 amide bonds. The molecule has 2 saturated heterocycles. The molecule has 3 heterocycles. The van der Waals surface area contributed by atoms with Crippen LogP contribution in [-0.4, -0.2) is 120 Å². The molecule has 53 heavy (non-hydrogen) atoms. The summed E-state index contributed by atoms with van der Waals surface area (Å²) in [5, 5.41) is 93.3. The molecule has 2 aliphatic heterocycles. The number of rotatable bonds is 9. The van der Waals surface area contributed by atoms with Crippen LogP contribution in [0.3, 0.4) is 0 Å². The molecular weight excluding hydrogens is 704 g/mol. The summed E-state index contributed by atoms with van der Waals surface area (Å²) >= 11 is 0. The summed E-state index contributed by atoms with van der Waals surface area (Å²) in [5.41, 5.74) is -0.563. The zero-order valence-corrected chi connectivity index (χ0v) is 27.7. The number of esters is 1. The number of phenols is 4. The summed E-state index contributed by atoms with van der Waals surface area (Å²) < 4.78 is 34.5. The molecule has 0 radical (unpaired) electrons. The zero-order valence-electron chi connectivity index (χ0n) is 27.7. The van der Waals surface area contributed by atoms with Crippen LogP contribution in [0.15, 0.2) is 76.0 Å². The molecule has 9 N–H and O–H groups in total. The minimum Gasteiger partial charge on any atom is -0.508 e. The first-order valence-electron chi connectivity index (χ1n) is 16.2. The molecule has 0 bridgehead atoms. The van der Waals surface area contributed by atoms with Gasteiger partial charge in [0, 0.05) is 23.8 Å². The molecule has 0 saturated carbocycles. The second-order valence-electron chi connectivity index (χ2n) is 12.5. The van der Waals surface area contributed by atoms with Crippen LogP contribution in [-0.2, 0) is 23.7 Å². The predicted molar refractivity (Wildman–Crippen MR) is 180 cm³/mol. The Morgan fingerprint density at radius 3 is 2.11 bits per heavy atom. The maximum absolute atomic E-state index is 14.0. The number of aliphatic hydroxyl groups excluding tert-OH is 5. The largest absolute Gasteiger partial charge is 0.508 e. The summed E-state index contributed by atoms with van der Waals surface area (Å²) in [5.74, 6) is -3.08. The van der Waals surface area contributed by atoms with Gasteiger partial charge in [0.25, 0.3) is 0 Å². The van der Waals surface area contributed by atoms with E-state index in [0.29, 0.717) is 5.56 Å². The standard InChI is InChI=1S/C36H36O17/c1-15-26(42)29(45)31(47)35(49-15)53-34-30(46)27(43)23(14-48-24(41)11-4-16-2-7-18(37)8-3-16)51-36(34)52-33-28(44)25-21(40)12-20(39)13-22(25)50-32(33)17-5-9-19(38)10-6-17/h2-13,15,23,26-27,29-31,34-40,42-43,45-47H,14H2,1H3/t15-,23+,26-,27+,29+,30-,31+,34+,35-,36-/m0/s1. The number of phenolic OH excluding ortho intramolecular Hbond substituents is 4. The van der Waals surface area contributed by atoms with Gasteiger partial charge in [0.05, 0.1) is 6.10 Å². The summed E-state index contributed by atoms with van der Waals surface area (Å²) in [7, 11) is 0. The quantitative estimate of drug-likeness (QED) is 0.0838. The van der Waals surface area contributed by atoms with Crippen LogP contribution < -0.4 is 10.2 Å². The highest BCUT2D eigenvalue weighted by Gasteiger charge is 2.51. The molecule has 2 fully saturated rings. The molecular formula is C36H36O17.